The van der Waals surface area contributed by atoms with Crippen LogP contribution in [-0.2, 0) is 22.5 Å². The van der Waals surface area contributed by atoms with E-state index < -0.39 is 0 Å². The number of hydrogen-bond acceptors (Lipinski definition) is 8. The largest absolute Gasteiger partial charge is 0.379 e. The summed E-state index contributed by atoms with van der Waals surface area (Å²) in [5, 5.41) is 14.7. The predicted octanol–water partition coefficient (Wildman–Crippen LogP) is 3.81. The second-order valence-electron chi connectivity index (χ2n) is 8.06. The molecule has 1 fully saturated rings. The lowest BCUT2D eigenvalue weighted by atomic mass is 10.1. The van der Waals surface area contributed by atoms with Gasteiger partial charge in [-0.2, -0.15) is 5.10 Å². The first kappa shape index (κ1) is 22.9. The molecule has 174 valence electrons. The van der Waals surface area contributed by atoms with E-state index in [4.69, 9.17) is 9.72 Å². The van der Waals surface area contributed by atoms with E-state index in [1.807, 2.05) is 35.7 Å². The van der Waals surface area contributed by atoms with Gasteiger partial charge in [-0.05, 0) is 17.2 Å². The molecule has 2 aromatic carbocycles. The Morgan fingerprint density at radius 1 is 1.03 bits per heavy atom. The number of nitrogens with one attached hydrogen (secondary N) is 1. The van der Waals surface area contributed by atoms with Crippen molar-refractivity contribution >= 4 is 39.9 Å². The molecule has 3 heterocycles. The number of thioether (sulfide) groups is 1. The van der Waals surface area contributed by atoms with Crippen LogP contribution in [0.3, 0.4) is 0 Å². The topological polar surface area (TPSA) is 79.2 Å². The summed E-state index contributed by atoms with van der Waals surface area (Å²) in [5.74, 6) is 0.535. The molecule has 0 bridgehead atoms. The number of carbonyl (C=O) groups excluding carboxylic acids is 1. The van der Waals surface area contributed by atoms with E-state index in [2.05, 4.69) is 44.7 Å². The van der Waals surface area contributed by atoms with Crippen LogP contribution in [0.5, 0.6) is 0 Å². The minimum atomic E-state index is -0.137. The van der Waals surface area contributed by atoms with Crippen molar-refractivity contribution < 1.29 is 9.53 Å². The Morgan fingerprint density at radius 2 is 1.85 bits per heavy atom. The van der Waals surface area contributed by atoms with E-state index in [9.17, 15) is 4.79 Å². The molecule has 1 N–H and O–H groups in total. The Labute approximate surface area is 207 Å². The second-order valence-corrected chi connectivity index (χ2v) is 9.89. The quantitative estimate of drug-likeness (QED) is 0.567. The Hall–Kier alpha value is -2.85. The van der Waals surface area contributed by atoms with Gasteiger partial charge in [-0.1, -0.05) is 60.3 Å². The van der Waals surface area contributed by atoms with Crippen molar-refractivity contribution in [1.29, 1.82) is 0 Å². The third kappa shape index (κ3) is 5.98. The van der Waals surface area contributed by atoms with Gasteiger partial charge < -0.3 is 10.1 Å². The van der Waals surface area contributed by atoms with E-state index >= 15 is 0 Å². The van der Waals surface area contributed by atoms with Crippen LogP contribution >= 0.6 is 23.1 Å². The number of benzene rings is 2. The van der Waals surface area contributed by atoms with Gasteiger partial charge in [0, 0.05) is 36.3 Å². The lowest BCUT2D eigenvalue weighted by molar-refractivity contribution is -0.119. The molecule has 2 aliphatic rings. The zero-order chi connectivity index (χ0) is 23.2. The first-order valence-electron chi connectivity index (χ1n) is 11.2. The van der Waals surface area contributed by atoms with Crippen LogP contribution in [0.1, 0.15) is 16.8 Å². The van der Waals surface area contributed by atoms with E-state index in [0.717, 1.165) is 60.4 Å². The monoisotopic (exact) mass is 491 g/mol. The first-order chi connectivity index (χ1) is 16.7. The summed E-state index contributed by atoms with van der Waals surface area (Å²) in [6.45, 7) is 4.42. The number of amidine groups is 1. The van der Waals surface area contributed by atoms with E-state index in [-0.39, 0.29) is 12.3 Å². The van der Waals surface area contributed by atoms with Gasteiger partial charge in [-0.15, -0.1) is 16.4 Å². The molecule has 5 rings (SSSR count). The zero-order valence-corrected chi connectivity index (χ0v) is 20.3. The van der Waals surface area contributed by atoms with E-state index in [0.29, 0.717) is 10.9 Å². The summed E-state index contributed by atoms with van der Waals surface area (Å²) in [6.07, 6.45) is 0.207. The highest BCUT2D eigenvalue weighted by Crippen LogP contribution is 2.25. The van der Waals surface area contributed by atoms with Gasteiger partial charge in [0.1, 0.15) is 5.01 Å². The average Bonchev–Trinajstić information content (AvgIpc) is 3.34. The molecule has 9 heteroatoms. The molecular formula is C25H25N5O2S2. The standard InChI is InChI=1S/C25H25N5O2S2/c31-23(27-25-29-28-22(17-34-25)19-6-2-1-3-7-19)14-21-16-33-24(26-21)20-8-4-5-18(13-20)15-30-9-11-32-12-10-30/h1-8,13,16H,9-12,14-15,17H2,(H,27,29,31). The van der Waals surface area contributed by atoms with Gasteiger partial charge >= 0.3 is 0 Å². The maximum atomic E-state index is 12.5. The number of morpholine rings is 1. The van der Waals surface area contributed by atoms with Crippen molar-refractivity contribution in [3.05, 3.63) is 76.8 Å². The van der Waals surface area contributed by atoms with Crippen LogP contribution in [0.4, 0.5) is 0 Å². The fraction of sp³-hybridized carbons (Fsp3) is 0.280. The molecule has 0 unspecified atom stereocenters. The number of aromatic nitrogens is 1. The Kier molecular flexibility index (Phi) is 7.45. The van der Waals surface area contributed by atoms with Gasteiger partial charge in [0.15, 0.2) is 5.17 Å². The number of ether oxygens (including phenoxy) is 1. The first-order valence-corrected chi connectivity index (χ1v) is 13.1. The number of hydrogen-bond donors (Lipinski definition) is 1. The third-order valence-corrected chi connectivity index (χ3v) is 7.35. The molecule has 34 heavy (non-hydrogen) atoms. The number of amides is 1. The summed E-state index contributed by atoms with van der Waals surface area (Å²) in [4.78, 5) is 19.7. The molecule has 0 atom stereocenters. The molecule has 0 saturated carbocycles. The maximum Gasteiger partial charge on any atom is 0.232 e. The van der Waals surface area contributed by atoms with Crippen LogP contribution in [-0.4, -0.2) is 58.7 Å². The Morgan fingerprint density at radius 3 is 2.65 bits per heavy atom. The van der Waals surface area contributed by atoms with Gasteiger partial charge in [-0.3, -0.25) is 9.69 Å². The summed E-state index contributed by atoms with van der Waals surface area (Å²) in [6, 6.07) is 18.4. The van der Waals surface area contributed by atoms with Crippen molar-refractivity contribution in [3.8, 4) is 10.6 Å². The van der Waals surface area contributed by atoms with E-state index in [1.54, 1.807) is 11.3 Å². The fourth-order valence-electron chi connectivity index (χ4n) is 3.80. The second kappa shape index (κ2) is 11.1. The Balaban J connectivity index is 1.18. The van der Waals surface area contributed by atoms with Crippen LogP contribution in [0.15, 0.2) is 70.2 Å². The van der Waals surface area contributed by atoms with Gasteiger partial charge in [0.25, 0.3) is 0 Å². The minimum absolute atomic E-state index is 0.137. The molecule has 1 amide bonds. The zero-order valence-electron chi connectivity index (χ0n) is 18.6. The summed E-state index contributed by atoms with van der Waals surface area (Å²) in [7, 11) is 0. The molecule has 0 aliphatic carbocycles. The van der Waals surface area contributed by atoms with Crippen molar-refractivity contribution in [2.75, 3.05) is 32.1 Å². The SMILES string of the molecule is O=C(Cc1csc(-c2cccc(CN3CCOCC3)c2)n1)NC1=NN=C(c2ccccc2)CS1. The Bertz CT molecular complexity index is 1200. The summed E-state index contributed by atoms with van der Waals surface area (Å²) >= 11 is 3.04. The van der Waals surface area contributed by atoms with Crippen LogP contribution in [0, 0.1) is 0 Å². The average molecular weight is 492 g/mol. The van der Waals surface area contributed by atoms with Crippen molar-refractivity contribution in [3.63, 3.8) is 0 Å². The van der Waals surface area contributed by atoms with Gasteiger partial charge in [-0.25, -0.2) is 4.98 Å². The molecule has 1 saturated heterocycles. The van der Waals surface area contributed by atoms with Crippen LogP contribution in [0.25, 0.3) is 10.6 Å². The van der Waals surface area contributed by atoms with Crippen molar-refractivity contribution in [1.82, 2.24) is 15.2 Å². The molecule has 0 spiro atoms. The van der Waals surface area contributed by atoms with Gasteiger partial charge in [0.05, 0.1) is 31.0 Å². The molecule has 1 aromatic heterocycles. The highest BCUT2D eigenvalue weighted by atomic mass is 32.2. The predicted molar refractivity (Wildman–Crippen MR) is 138 cm³/mol. The number of rotatable bonds is 6. The molecule has 3 aromatic rings. The fourth-order valence-corrected chi connectivity index (χ4v) is 5.40. The lowest BCUT2D eigenvalue weighted by Gasteiger charge is -2.26. The summed E-state index contributed by atoms with van der Waals surface area (Å²) < 4.78 is 5.44. The van der Waals surface area contributed by atoms with Crippen LogP contribution in [0.2, 0.25) is 0 Å². The highest BCUT2D eigenvalue weighted by molar-refractivity contribution is 8.14. The minimum Gasteiger partial charge on any atom is -0.379 e. The van der Waals surface area contributed by atoms with Gasteiger partial charge in [0.2, 0.25) is 5.91 Å². The van der Waals surface area contributed by atoms with Crippen molar-refractivity contribution in [2.24, 2.45) is 10.2 Å². The van der Waals surface area contributed by atoms with Crippen molar-refractivity contribution in [2.45, 2.75) is 13.0 Å². The molecule has 2 aliphatic heterocycles. The number of thiazole rings is 1. The van der Waals surface area contributed by atoms with E-state index in [1.165, 1.54) is 17.3 Å². The summed E-state index contributed by atoms with van der Waals surface area (Å²) in [5.41, 5.74) is 5.05. The molecule has 0 radical (unpaired) electrons. The maximum absolute atomic E-state index is 12.5. The normalized spacial score (nSPS) is 16.6. The highest BCUT2D eigenvalue weighted by Gasteiger charge is 2.16. The third-order valence-electron chi connectivity index (χ3n) is 5.54. The van der Waals surface area contributed by atoms with Crippen LogP contribution < -0.4 is 5.32 Å². The number of carbonyl (C=O) groups is 1. The molecule has 7 nitrogen and oxygen atoms in total. The lowest BCUT2D eigenvalue weighted by Crippen LogP contribution is -2.35. The number of nitrogens with zero attached hydrogens (tertiary/aromatic N) is 4. The smallest absolute Gasteiger partial charge is 0.232 e. The molecular weight excluding hydrogens is 466 g/mol.